The van der Waals surface area contributed by atoms with E-state index in [1.807, 2.05) is 6.92 Å². The summed E-state index contributed by atoms with van der Waals surface area (Å²) in [6.45, 7) is 2.32. The van der Waals surface area contributed by atoms with Gasteiger partial charge in [0.1, 0.15) is 0 Å². The molecule has 1 fully saturated rings. The second-order valence-corrected chi connectivity index (χ2v) is 5.59. The van der Waals surface area contributed by atoms with Crippen LogP contribution in [-0.2, 0) is 14.8 Å². The second kappa shape index (κ2) is 3.26. The number of sulfonamides is 1. The van der Waals surface area contributed by atoms with Crippen LogP contribution in [0.1, 0.15) is 19.8 Å². The smallest absolute Gasteiger partial charge is 0.320 e. The SMILES string of the molecule is CC1(CNS(=O)(=O)CC(=O)O)CC1. The molecule has 1 saturated carbocycles. The van der Waals surface area contributed by atoms with Crippen LogP contribution in [-0.4, -0.2) is 31.8 Å². The van der Waals surface area contributed by atoms with Crippen LogP contribution in [0.5, 0.6) is 0 Å². The lowest BCUT2D eigenvalue weighted by Crippen LogP contribution is -2.33. The molecule has 76 valence electrons. The number of aliphatic carboxylic acids is 1. The van der Waals surface area contributed by atoms with Crippen molar-refractivity contribution in [1.82, 2.24) is 4.72 Å². The van der Waals surface area contributed by atoms with E-state index >= 15 is 0 Å². The predicted octanol–water partition coefficient (Wildman–Crippen LogP) is -0.210. The van der Waals surface area contributed by atoms with Crippen LogP contribution in [0, 0.1) is 5.41 Å². The maximum atomic E-state index is 11.0. The molecule has 0 aromatic heterocycles. The number of hydrogen-bond acceptors (Lipinski definition) is 3. The Morgan fingerprint density at radius 1 is 1.54 bits per heavy atom. The second-order valence-electron chi connectivity index (χ2n) is 3.78. The lowest BCUT2D eigenvalue weighted by molar-refractivity contribution is -0.134. The van der Waals surface area contributed by atoms with Crippen LogP contribution in [0.3, 0.4) is 0 Å². The van der Waals surface area contributed by atoms with Crippen molar-refractivity contribution in [3.8, 4) is 0 Å². The third-order valence-corrected chi connectivity index (χ3v) is 3.35. The number of carboxylic acids is 1. The highest BCUT2D eigenvalue weighted by Crippen LogP contribution is 2.44. The van der Waals surface area contributed by atoms with Gasteiger partial charge in [-0.15, -0.1) is 0 Å². The van der Waals surface area contributed by atoms with Gasteiger partial charge in [-0.05, 0) is 18.3 Å². The average molecular weight is 207 g/mol. The van der Waals surface area contributed by atoms with Crippen molar-refractivity contribution >= 4 is 16.0 Å². The Hall–Kier alpha value is -0.620. The van der Waals surface area contributed by atoms with Crippen molar-refractivity contribution in [2.45, 2.75) is 19.8 Å². The first-order valence-corrected chi connectivity index (χ1v) is 5.67. The molecule has 0 bridgehead atoms. The summed E-state index contributed by atoms with van der Waals surface area (Å²) in [4.78, 5) is 10.1. The molecule has 1 rings (SSSR count). The first kappa shape index (κ1) is 10.5. The van der Waals surface area contributed by atoms with E-state index in [4.69, 9.17) is 5.11 Å². The van der Waals surface area contributed by atoms with Crippen LogP contribution >= 0.6 is 0 Å². The fourth-order valence-corrected chi connectivity index (χ4v) is 1.88. The van der Waals surface area contributed by atoms with Crippen molar-refractivity contribution in [1.29, 1.82) is 0 Å². The minimum absolute atomic E-state index is 0.0611. The lowest BCUT2D eigenvalue weighted by Gasteiger charge is -2.08. The van der Waals surface area contributed by atoms with Gasteiger partial charge in [-0.2, -0.15) is 0 Å². The third kappa shape index (κ3) is 3.73. The summed E-state index contributed by atoms with van der Waals surface area (Å²) in [5, 5.41) is 8.27. The molecule has 0 saturated heterocycles. The summed E-state index contributed by atoms with van der Waals surface area (Å²) in [7, 11) is -3.62. The molecule has 0 aromatic carbocycles. The van der Waals surface area contributed by atoms with Crippen molar-refractivity contribution in [2.75, 3.05) is 12.3 Å². The minimum atomic E-state index is -3.62. The maximum Gasteiger partial charge on any atom is 0.320 e. The summed E-state index contributed by atoms with van der Waals surface area (Å²) < 4.78 is 24.3. The van der Waals surface area contributed by atoms with E-state index in [0.717, 1.165) is 12.8 Å². The molecule has 0 radical (unpaired) electrons. The molecule has 2 N–H and O–H groups in total. The van der Waals surface area contributed by atoms with Crippen LogP contribution < -0.4 is 4.72 Å². The zero-order valence-corrected chi connectivity index (χ0v) is 8.23. The molecule has 0 amide bonds. The molecular weight excluding hydrogens is 194 g/mol. The van der Waals surface area contributed by atoms with E-state index in [1.54, 1.807) is 0 Å². The quantitative estimate of drug-likeness (QED) is 0.653. The van der Waals surface area contributed by atoms with E-state index in [1.165, 1.54) is 0 Å². The van der Waals surface area contributed by atoms with Gasteiger partial charge in [-0.3, -0.25) is 4.79 Å². The standard InChI is InChI=1S/C7H13NO4S/c1-7(2-3-7)5-8-13(11,12)4-6(9)10/h8H,2-5H2,1H3,(H,9,10). The van der Waals surface area contributed by atoms with Crippen LogP contribution in [0.2, 0.25) is 0 Å². The Morgan fingerprint density at radius 2 is 2.08 bits per heavy atom. The first-order valence-electron chi connectivity index (χ1n) is 4.02. The highest BCUT2D eigenvalue weighted by molar-refractivity contribution is 7.90. The normalized spacial score (nSPS) is 19.8. The zero-order valence-electron chi connectivity index (χ0n) is 7.41. The van der Waals surface area contributed by atoms with Crippen LogP contribution in [0.25, 0.3) is 0 Å². The largest absolute Gasteiger partial charge is 0.480 e. The molecule has 0 unspecified atom stereocenters. The number of carbonyl (C=O) groups is 1. The molecule has 6 heteroatoms. The van der Waals surface area contributed by atoms with E-state index in [0.29, 0.717) is 6.54 Å². The lowest BCUT2D eigenvalue weighted by atomic mass is 10.2. The van der Waals surface area contributed by atoms with E-state index in [-0.39, 0.29) is 5.41 Å². The van der Waals surface area contributed by atoms with Gasteiger partial charge in [0.25, 0.3) is 0 Å². The van der Waals surface area contributed by atoms with Gasteiger partial charge in [0.2, 0.25) is 10.0 Å². The molecule has 13 heavy (non-hydrogen) atoms. The predicted molar refractivity (Wildman–Crippen MR) is 46.8 cm³/mol. The van der Waals surface area contributed by atoms with Crippen LogP contribution in [0.15, 0.2) is 0 Å². The Labute approximate surface area is 77.2 Å². The Kier molecular flexibility index (Phi) is 2.63. The van der Waals surface area contributed by atoms with Crippen LogP contribution in [0.4, 0.5) is 0 Å². The number of hydrogen-bond donors (Lipinski definition) is 2. The number of rotatable bonds is 5. The summed E-state index contributed by atoms with van der Waals surface area (Å²) in [6, 6.07) is 0. The Morgan fingerprint density at radius 3 is 2.46 bits per heavy atom. The highest BCUT2D eigenvalue weighted by Gasteiger charge is 2.38. The molecule has 0 atom stereocenters. The summed E-state index contributed by atoms with van der Waals surface area (Å²) in [5.41, 5.74) is 0.0611. The van der Waals surface area contributed by atoms with E-state index < -0.39 is 21.7 Å². The van der Waals surface area contributed by atoms with Gasteiger partial charge in [0.05, 0.1) is 0 Å². The molecule has 0 aromatic rings. The average Bonchev–Trinajstić information content (AvgIpc) is 2.63. The van der Waals surface area contributed by atoms with Gasteiger partial charge in [0, 0.05) is 6.54 Å². The van der Waals surface area contributed by atoms with Crippen molar-refractivity contribution in [3.63, 3.8) is 0 Å². The fraction of sp³-hybridized carbons (Fsp3) is 0.857. The highest BCUT2D eigenvalue weighted by atomic mass is 32.2. The van der Waals surface area contributed by atoms with E-state index in [2.05, 4.69) is 4.72 Å². The molecular formula is C7H13NO4S. The van der Waals surface area contributed by atoms with Crippen molar-refractivity contribution in [3.05, 3.63) is 0 Å². The maximum absolute atomic E-state index is 11.0. The molecule has 0 heterocycles. The Bertz CT molecular complexity index is 304. The summed E-state index contributed by atoms with van der Waals surface area (Å²) in [6.07, 6.45) is 2.01. The topological polar surface area (TPSA) is 83.5 Å². The number of carboxylic acid groups (broad SMARTS) is 1. The molecule has 1 aliphatic carbocycles. The monoisotopic (exact) mass is 207 g/mol. The van der Waals surface area contributed by atoms with E-state index in [9.17, 15) is 13.2 Å². The van der Waals surface area contributed by atoms with Gasteiger partial charge < -0.3 is 5.11 Å². The number of nitrogens with one attached hydrogen (secondary N) is 1. The molecule has 0 spiro atoms. The van der Waals surface area contributed by atoms with Gasteiger partial charge in [-0.1, -0.05) is 6.92 Å². The first-order chi connectivity index (χ1) is 5.83. The third-order valence-electron chi connectivity index (χ3n) is 2.14. The molecule has 1 aliphatic rings. The minimum Gasteiger partial charge on any atom is -0.480 e. The Balaban J connectivity index is 2.38. The fourth-order valence-electron chi connectivity index (χ4n) is 0.888. The van der Waals surface area contributed by atoms with Crippen molar-refractivity contribution in [2.24, 2.45) is 5.41 Å². The summed E-state index contributed by atoms with van der Waals surface area (Å²) in [5.74, 6) is -2.17. The molecule has 5 nitrogen and oxygen atoms in total. The van der Waals surface area contributed by atoms with Gasteiger partial charge >= 0.3 is 5.97 Å². The van der Waals surface area contributed by atoms with Gasteiger partial charge in [0.15, 0.2) is 5.75 Å². The van der Waals surface area contributed by atoms with Gasteiger partial charge in [-0.25, -0.2) is 13.1 Å². The van der Waals surface area contributed by atoms with Crippen molar-refractivity contribution < 1.29 is 18.3 Å². The zero-order chi connectivity index (χ0) is 10.1. The summed E-state index contributed by atoms with van der Waals surface area (Å²) >= 11 is 0. The molecule has 0 aliphatic heterocycles.